The molecule has 3 aliphatic carbocycles. The van der Waals surface area contributed by atoms with Crippen molar-refractivity contribution in [2.24, 2.45) is 17.8 Å². The summed E-state index contributed by atoms with van der Waals surface area (Å²) in [6.45, 7) is 0. The number of hydrogen-bond donors (Lipinski definition) is 1. The summed E-state index contributed by atoms with van der Waals surface area (Å²) in [5.74, 6) is 2.13. The van der Waals surface area contributed by atoms with Crippen LogP contribution in [0.3, 0.4) is 0 Å². The number of rotatable bonds is 2. The summed E-state index contributed by atoms with van der Waals surface area (Å²) in [5.41, 5.74) is 0. The van der Waals surface area contributed by atoms with Crippen LogP contribution in [0, 0.1) is 17.8 Å². The number of fused-ring (bicyclic) bond motifs is 2. The van der Waals surface area contributed by atoms with Crippen molar-refractivity contribution >= 4 is 17.5 Å². The third-order valence-electron chi connectivity index (χ3n) is 5.08. The molecule has 0 aromatic heterocycles. The molecule has 0 spiro atoms. The Bertz CT molecular complexity index is 307. The highest BCUT2D eigenvalue weighted by Crippen LogP contribution is 2.48. The Morgan fingerprint density at radius 3 is 2.53 bits per heavy atom. The molecule has 2 nitrogen and oxygen atoms in total. The number of nitrogens with one attached hydrogen (secondary N) is 1. The van der Waals surface area contributed by atoms with Gasteiger partial charge in [-0.3, -0.25) is 4.79 Å². The predicted molar refractivity (Wildman–Crippen MR) is 69.0 cm³/mol. The number of carbonyl (C=O) groups is 1. The molecule has 2 bridgehead atoms. The maximum absolute atomic E-state index is 12.3. The average Bonchev–Trinajstić information content (AvgIpc) is 2.94. The first-order chi connectivity index (χ1) is 8.24. The molecule has 0 aromatic rings. The lowest BCUT2D eigenvalue weighted by Crippen LogP contribution is -2.46. The second-order valence-corrected chi connectivity index (χ2v) is 6.76. The summed E-state index contributed by atoms with van der Waals surface area (Å²) < 4.78 is 0. The molecule has 5 unspecified atom stereocenters. The van der Waals surface area contributed by atoms with Gasteiger partial charge < -0.3 is 5.32 Å². The molecule has 0 aromatic carbocycles. The van der Waals surface area contributed by atoms with Gasteiger partial charge in [0, 0.05) is 12.0 Å². The quantitative estimate of drug-likeness (QED) is 0.755. The van der Waals surface area contributed by atoms with Crippen LogP contribution in [0.5, 0.6) is 0 Å². The minimum Gasteiger partial charge on any atom is -0.352 e. The number of halogens is 1. The van der Waals surface area contributed by atoms with Crippen LogP contribution < -0.4 is 5.32 Å². The first kappa shape index (κ1) is 11.8. The van der Waals surface area contributed by atoms with Gasteiger partial charge in [-0.2, -0.15) is 0 Å². The van der Waals surface area contributed by atoms with Crippen molar-refractivity contribution < 1.29 is 4.79 Å². The second kappa shape index (κ2) is 4.79. The van der Waals surface area contributed by atoms with Crippen LogP contribution in [0.4, 0.5) is 0 Å². The molecule has 0 radical (unpaired) electrons. The first-order valence-electron chi connectivity index (χ1n) is 7.18. The predicted octanol–water partition coefficient (Wildman–Crippen LogP) is 3.09. The fraction of sp³-hybridized carbons (Fsp3) is 0.929. The maximum atomic E-state index is 12.3. The third-order valence-corrected chi connectivity index (χ3v) is 5.61. The van der Waals surface area contributed by atoms with Crippen molar-refractivity contribution in [2.75, 3.05) is 0 Å². The van der Waals surface area contributed by atoms with Gasteiger partial charge in [0.2, 0.25) is 5.91 Å². The Labute approximate surface area is 108 Å². The average molecular weight is 256 g/mol. The van der Waals surface area contributed by atoms with Crippen LogP contribution in [0.1, 0.15) is 51.4 Å². The zero-order valence-electron chi connectivity index (χ0n) is 10.3. The van der Waals surface area contributed by atoms with Gasteiger partial charge in [-0.25, -0.2) is 0 Å². The van der Waals surface area contributed by atoms with Crippen LogP contribution in [-0.4, -0.2) is 17.3 Å². The molecular weight excluding hydrogens is 234 g/mol. The second-order valence-electron chi connectivity index (χ2n) is 6.20. The van der Waals surface area contributed by atoms with Crippen LogP contribution >= 0.6 is 11.6 Å². The molecule has 3 rings (SSSR count). The highest BCUT2D eigenvalue weighted by atomic mass is 35.5. The molecule has 0 heterocycles. The first-order valence-corrected chi connectivity index (χ1v) is 7.62. The molecule has 1 amide bonds. The van der Waals surface area contributed by atoms with Crippen molar-refractivity contribution in [2.45, 2.75) is 62.8 Å². The minimum atomic E-state index is 0.159. The zero-order chi connectivity index (χ0) is 11.8. The van der Waals surface area contributed by atoms with Crippen LogP contribution in [-0.2, 0) is 4.79 Å². The fourth-order valence-electron chi connectivity index (χ4n) is 4.10. The van der Waals surface area contributed by atoms with Gasteiger partial charge in [-0.15, -0.1) is 11.6 Å². The van der Waals surface area contributed by atoms with Crippen molar-refractivity contribution in [3.63, 3.8) is 0 Å². The van der Waals surface area contributed by atoms with E-state index in [1.807, 2.05) is 0 Å². The largest absolute Gasteiger partial charge is 0.352 e. The van der Waals surface area contributed by atoms with Crippen molar-refractivity contribution in [1.82, 2.24) is 5.32 Å². The molecule has 0 aliphatic heterocycles. The highest BCUT2D eigenvalue weighted by Gasteiger charge is 2.43. The van der Waals surface area contributed by atoms with Crippen molar-refractivity contribution in [3.05, 3.63) is 0 Å². The van der Waals surface area contributed by atoms with Gasteiger partial charge >= 0.3 is 0 Å². The van der Waals surface area contributed by atoms with Crippen LogP contribution in [0.2, 0.25) is 0 Å². The van der Waals surface area contributed by atoms with Crippen LogP contribution in [0.25, 0.3) is 0 Å². The SMILES string of the molecule is O=C(NC1CCCCC1Cl)C1CC2CCC1C2. The number of alkyl halides is 1. The summed E-state index contributed by atoms with van der Waals surface area (Å²) in [6, 6.07) is 0.233. The Kier molecular flexibility index (Phi) is 3.34. The molecule has 3 aliphatic rings. The fourth-order valence-corrected chi connectivity index (χ4v) is 4.45. The van der Waals surface area contributed by atoms with Gasteiger partial charge in [0.1, 0.15) is 0 Å². The van der Waals surface area contributed by atoms with E-state index in [0.717, 1.165) is 25.2 Å². The van der Waals surface area contributed by atoms with Gasteiger partial charge in [-0.05, 0) is 43.9 Å². The van der Waals surface area contributed by atoms with Crippen LogP contribution in [0.15, 0.2) is 0 Å². The molecule has 17 heavy (non-hydrogen) atoms. The third kappa shape index (κ3) is 2.33. The van der Waals surface area contributed by atoms with Crippen molar-refractivity contribution in [3.8, 4) is 0 Å². The lowest BCUT2D eigenvalue weighted by molar-refractivity contribution is -0.127. The van der Waals surface area contributed by atoms with E-state index in [-0.39, 0.29) is 11.4 Å². The van der Waals surface area contributed by atoms with E-state index in [1.54, 1.807) is 0 Å². The Balaban J connectivity index is 1.56. The number of amides is 1. The maximum Gasteiger partial charge on any atom is 0.223 e. The lowest BCUT2D eigenvalue weighted by atomic mass is 9.87. The minimum absolute atomic E-state index is 0.159. The molecule has 0 saturated heterocycles. The summed E-state index contributed by atoms with van der Waals surface area (Å²) in [7, 11) is 0. The van der Waals surface area contributed by atoms with E-state index in [4.69, 9.17) is 11.6 Å². The topological polar surface area (TPSA) is 29.1 Å². The smallest absolute Gasteiger partial charge is 0.223 e. The molecule has 3 heteroatoms. The normalized spacial score (nSPS) is 44.9. The van der Waals surface area contributed by atoms with E-state index >= 15 is 0 Å². The Morgan fingerprint density at radius 1 is 1.06 bits per heavy atom. The van der Waals surface area contributed by atoms with E-state index in [1.165, 1.54) is 32.1 Å². The van der Waals surface area contributed by atoms with E-state index < -0.39 is 0 Å². The zero-order valence-corrected chi connectivity index (χ0v) is 11.1. The number of hydrogen-bond acceptors (Lipinski definition) is 1. The van der Waals surface area contributed by atoms with E-state index in [9.17, 15) is 4.79 Å². The van der Waals surface area contributed by atoms with Gasteiger partial charge in [0.25, 0.3) is 0 Å². The summed E-state index contributed by atoms with van der Waals surface area (Å²) in [5, 5.41) is 3.38. The molecule has 1 N–H and O–H groups in total. The summed E-state index contributed by atoms with van der Waals surface area (Å²) in [4.78, 5) is 12.3. The summed E-state index contributed by atoms with van der Waals surface area (Å²) >= 11 is 6.30. The molecular formula is C14H22ClNO. The molecule has 3 saturated carbocycles. The van der Waals surface area contributed by atoms with E-state index in [0.29, 0.717) is 17.7 Å². The monoisotopic (exact) mass is 255 g/mol. The number of carbonyl (C=O) groups excluding carboxylic acids is 1. The standard InChI is InChI=1S/C14H22ClNO/c15-12-3-1-2-4-13(12)16-14(17)11-8-9-5-6-10(11)7-9/h9-13H,1-8H2,(H,16,17). The highest BCUT2D eigenvalue weighted by molar-refractivity contribution is 6.21. The van der Waals surface area contributed by atoms with Gasteiger partial charge in [-0.1, -0.05) is 19.3 Å². The Morgan fingerprint density at radius 2 is 1.88 bits per heavy atom. The Hall–Kier alpha value is -0.240. The van der Waals surface area contributed by atoms with Crippen molar-refractivity contribution in [1.29, 1.82) is 0 Å². The molecule has 3 fully saturated rings. The van der Waals surface area contributed by atoms with Gasteiger partial charge in [0.15, 0.2) is 0 Å². The molecule has 96 valence electrons. The van der Waals surface area contributed by atoms with Gasteiger partial charge in [0.05, 0.1) is 5.38 Å². The molecule has 5 atom stereocenters. The summed E-state index contributed by atoms with van der Waals surface area (Å²) in [6.07, 6.45) is 9.63. The lowest BCUT2D eigenvalue weighted by Gasteiger charge is -2.30. The van der Waals surface area contributed by atoms with E-state index in [2.05, 4.69) is 5.32 Å².